The number of methoxy groups -OCH3 is 1. The first-order valence-corrected chi connectivity index (χ1v) is 9.76. The summed E-state index contributed by atoms with van der Waals surface area (Å²) in [6, 6.07) is 25.4. The highest BCUT2D eigenvalue weighted by Gasteiger charge is 2.36. The van der Waals surface area contributed by atoms with Gasteiger partial charge in [0.25, 0.3) is 0 Å². The summed E-state index contributed by atoms with van der Waals surface area (Å²) in [6.07, 6.45) is 0.922. The fraction of sp³-hybridized carbons (Fsp3) is 0.174. The normalized spacial score (nSPS) is 17.7. The van der Waals surface area contributed by atoms with Crippen LogP contribution in [0.15, 0.2) is 82.3 Å². The van der Waals surface area contributed by atoms with Crippen LogP contribution in [0.4, 0.5) is 11.4 Å². The lowest BCUT2D eigenvalue weighted by Crippen LogP contribution is -2.46. The zero-order valence-electron chi connectivity index (χ0n) is 15.4. The quantitative estimate of drug-likeness (QED) is 0.484. The second kappa shape index (κ2) is 7.57. The van der Waals surface area contributed by atoms with Gasteiger partial charge >= 0.3 is 0 Å². The summed E-state index contributed by atoms with van der Waals surface area (Å²) in [7, 11) is 1.69. The summed E-state index contributed by atoms with van der Waals surface area (Å²) < 4.78 is 6.37. The molecule has 1 fully saturated rings. The molecule has 27 heavy (non-hydrogen) atoms. The second-order valence-electron chi connectivity index (χ2n) is 6.70. The van der Waals surface area contributed by atoms with E-state index in [-0.39, 0.29) is 0 Å². The molecular formula is C23H21BrN2O. The van der Waals surface area contributed by atoms with Crippen molar-refractivity contribution in [1.82, 2.24) is 0 Å². The Bertz CT molecular complexity index is 947. The Hall–Kier alpha value is -2.59. The molecule has 0 aromatic heterocycles. The molecule has 0 N–H and O–H groups in total. The minimum Gasteiger partial charge on any atom is -0.497 e. The lowest BCUT2D eigenvalue weighted by Gasteiger charge is -2.44. The Kier molecular flexibility index (Phi) is 4.99. The highest BCUT2D eigenvalue weighted by atomic mass is 79.9. The van der Waals surface area contributed by atoms with E-state index in [4.69, 9.17) is 9.73 Å². The molecule has 0 amide bonds. The number of ether oxygens (including phenoxy) is 1. The number of aryl methyl sites for hydroxylation is 1. The molecule has 136 valence electrons. The van der Waals surface area contributed by atoms with E-state index in [0.717, 1.165) is 33.9 Å². The Balaban J connectivity index is 1.69. The molecule has 4 rings (SSSR count). The minimum absolute atomic E-state index is 0.299. The molecular weight excluding hydrogens is 400 g/mol. The van der Waals surface area contributed by atoms with Crippen LogP contribution in [0.1, 0.15) is 23.6 Å². The van der Waals surface area contributed by atoms with Crippen molar-refractivity contribution in [2.24, 2.45) is 4.99 Å². The lowest BCUT2D eigenvalue weighted by molar-refractivity contribution is 0.415. The largest absolute Gasteiger partial charge is 0.497 e. The summed E-state index contributed by atoms with van der Waals surface area (Å²) in [6.45, 7) is 2.12. The number of rotatable bonds is 4. The van der Waals surface area contributed by atoms with Crippen molar-refractivity contribution < 1.29 is 4.74 Å². The first kappa shape index (κ1) is 17.8. The lowest BCUT2D eigenvalue weighted by atomic mass is 9.91. The molecule has 0 aliphatic carbocycles. The van der Waals surface area contributed by atoms with Gasteiger partial charge in [-0.1, -0.05) is 45.8 Å². The van der Waals surface area contributed by atoms with Crippen LogP contribution in [-0.2, 0) is 0 Å². The van der Waals surface area contributed by atoms with Crippen LogP contribution in [0.2, 0.25) is 0 Å². The van der Waals surface area contributed by atoms with Gasteiger partial charge in [0.15, 0.2) is 0 Å². The maximum absolute atomic E-state index is 5.31. The van der Waals surface area contributed by atoms with Gasteiger partial charge in [-0.2, -0.15) is 0 Å². The molecule has 1 atom stereocenters. The summed E-state index contributed by atoms with van der Waals surface area (Å²) >= 11 is 3.48. The topological polar surface area (TPSA) is 24.8 Å². The van der Waals surface area contributed by atoms with Crippen LogP contribution in [-0.4, -0.2) is 12.9 Å². The predicted molar refractivity (Wildman–Crippen MR) is 115 cm³/mol. The average molecular weight is 421 g/mol. The van der Waals surface area contributed by atoms with Crippen molar-refractivity contribution in [2.45, 2.75) is 19.4 Å². The number of nitrogens with zero attached hydrogens (tertiary/aromatic N) is 2. The minimum atomic E-state index is 0.299. The number of halogens is 1. The Morgan fingerprint density at radius 3 is 2.22 bits per heavy atom. The van der Waals surface area contributed by atoms with Gasteiger partial charge in [-0.3, -0.25) is 0 Å². The van der Waals surface area contributed by atoms with Crippen molar-refractivity contribution in [1.29, 1.82) is 0 Å². The Morgan fingerprint density at radius 1 is 0.926 bits per heavy atom. The summed E-state index contributed by atoms with van der Waals surface area (Å²) in [5.41, 5.74) is 4.68. The SMILES string of the molecule is COc1ccc(N2C(=Nc3ccc(Br)cc3)CC2c2ccc(C)cc2)cc1. The molecule has 1 heterocycles. The first-order chi connectivity index (χ1) is 13.1. The molecule has 1 aliphatic rings. The molecule has 3 nitrogen and oxygen atoms in total. The van der Waals surface area contributed by atoms with E-state index < -0.39 is 0 Å². The third kappa shape index (κ3) is 3.76. The van der Waals surface area contributed by atoms with Crippen LogP contribution in [0.25, 0.3) is 0 Å². The van der Waals surface area contributed by atoms with Gasteiger partial charge in [0.2, 0.25) is 0 Å². The number of aliphatic imine (C=N–C) groups is 1. The monoisotopic (exact) mass is 420 g/mol. The fourth-order valence-electron chi connectivity index (χ4n) is 3.32. The van der Waals surface area contributed by atoms with Crippen LogP contribution in [0.3, 0.4) is 0 Å². The maximum Gasteiger partial charge on any atom is 0.119 e. The van der Waals surface area contributed by atoms with Gasteiger partial charge < -0.3 is 9.64 Å². The van der Waals surface area contributed by atoms with Crippen molar-refractivity contribution >= 4 is 33.1 Å². The molecule has 4 heteroatoms. The highest BCUT2D eigenvalue weighted by Crippen LogP contribution is 2.41. The Labute approximate surface area is 168 Å². The predicted octanol–water partition coefficient (Wildman–Crippen LogP) is 6.45. The smallest absolute Gasteiger partial charge is 0.119 e. The Morgan fingerprint density at radius 2 is 1.59 bits per heavy atom. The van der Waals surface area contributed by atoms with Gasteiger partial charge in [-0.15, -0.1) is 0 Å². The van der Waals surface area contributed by atoms with Crippen LogP contribution >= 0.6 is 15.9 Å². The van der Waals surface area contributed by atoms with E-state index >= 15 is 0 Å². The van der Waals surface area contributed by atoms with E-state index in [1.165, 1.54) is 11.1 Å². The van der Waals surface area contributed by atoms with Gasteiger partial charge in [-0.25, -0.2) is 4.99 Å². The number of benzene rings is 3. The molecule has 0 radical (unpaired) electrons. The molecule has 0 spiro atoms. The van der Waals surface area contributed by atoms with Gasteiger partial charge in [0, 0.05) is 16.6 Å². The molecule has 0 bridgehead atoms. The van der Waals surface area contributed by atoms with E-state index in [1.807, 2.05) is 36.4 Å². The summed E-state index contributed by atoms with van der Waals surface area (Å²) in [4.78, 5) is 7.20. The molecule has 0 saturated carbocycles. The number of anilines is 1. The third-order valence-electron chi connectivity index (χ3n) is 4.86. The van der Waals surface area contributed by atoms with E-state index in [2.05, 4.69) is 64.2 Å². The average Bonchev–Trinajstić information content (AvgIpc) is 2.68. The third-order valence-corrected chi connectivity index (χ3v) is 5.39. The van der Waals surface area contributed by atoms with Gasteiger partial charge in [0.05, 0.1) is 18.8 Å². The molecule has 3 aromatic carbocycles. The maximum atomic E-state index is 5.31. The van der Waals surface area contributed by atoms with Gasteiger partial charge in [-0.05, 0) is 61.0 Å². The van der Waals surface area contributed by atoms with Crippen LogP contribution in [0.5, 0.6) is 5.75 Å². The van der Waals surface area contributed by atoms with Crippen molar-refractivity contribution in [2.75, 3.05) is 12.0 Å². The molecule has 1 aliphatic heterocycles. The number of amidine groups is 1. The zero-order valence-corrected chi connectivity index (χ0v) is 17.0. The fourth-order valence-corrected chi connectivity index (χ4v) is 3.59. The first-order valence-electron chi connectivity index (χ1n) is 8.97. The molecule has 1 saturated heterocycles. The van der Waals surface area contributed by atoms with Crippen molar-refractivity contribution in [3.63, 3.8) is 0 Å². The van der Waals surface area contributed by atoms with Crippen LogP contribution < -0.4 is 9.64 Å². The van der Waals surface area contributed by atoms with Gasteiger partial charge in [0.1, 0.15) is 11.6 Å². The van der Waals surface area contributed by atoms with Crippen molar-refractivity contribution in [3.05, 3.63) is 88.4 Å². The molecule has 3 aromatic rings. The zero-order chi connectivity index (χ0) is 18.8. The highest BCUT2D eigenvalue weighted by molar-refractivity contribution is 9.10. The standard InChI is InChI=1S/C23H21BrN2O/c1-16-3-5-17(6-4-16)22-15-23(25-19-9-7-18(24)8-10-19)26(22)20-11-13-21(27-2)14-12-20/h3-14,22H,15H2,1-2H3. The van der Waals surface area contributed by atoms with Crippen molar-refractivity contribution in [3.8, 4) is 5.75 Å². The number of hydrogen-bond acceptors (Lipinski definition) is 2. The van der Waals surface area contributed by atoms with E-state index in [1.54, 1.807) is 7.11 Å². The van der Waals surface area contributed by atoms with E-state index in [9.17, 15) is 0 Å². The second-order valence-corrected chi connectivity index (χ2v) is 7.62. The van der Waals surface area contributed by atoms with Crippen LogP contribution in [0, 0.1) is 6.92 Å². The molecule has 1 unspecified atom stereocenters. The summed E-state index contributed by atoms with van der Waals surface area (Å²) in [5.74, 6) is 1.94. The van der Waals surface area contributed by atoms with E-state index in [0.29, 0.717) is 6.04 Å². The number of hydrogen-bond donors (Lipinski definition) is 0. The summed E-state index contributed by atoms with van der Waals surface area (Å²) in [5, 5.41) is 0.